The number of nitrogens with zero attached hydrogens (tertiary/aromatic N) is 1. The lowest BCUT2D eigenvalue weighted by Gasteiger charge is -2.23. The fourth-order valence-electron chi connectivity index (χ4n) is 3.56. The summed E-state index contributed by atoms with van der Waals surface area (Å²) in [6.07, 6.45) is 2.56. The van der Waals surface area contributed by atoms with Crippen LogP contribution in [0.2, 0.25) is 0 Å². The maximum Gasteiger partial charge on any atom is 0.263 e. The lowest BCUT2D eigenvalue weighted by atomic mass is 10.1. The molecule has 2 aliphatic rings. The van der Waals surface area contributed by atoms with Gasteiger partial charge in [0.1, 0.15) is 11.5 Å². The number of methoxy groups -OCH3 is 1. The van der Waals surface area contributed by atoms with E-state index in [1.54, 1.807) is 31.4 Å². The summed E-state index contributed by atoms with van der Waals surface area (Å²) in [5.74, 6) is 1.88. The molecule has 6 heteroatoms. The molecule has 1 N–H and O–H groups in total. The smallest absolute Gasteiger partial charge is 0.263 e. The van der Waals surface area contributed by atoms with E-state index in [9.17, 15) is 9.59 Å². The summed E-state index contributed by atoms with van der Waals surface area (Å²) < 4.78 is 11.1. The van der Waals surface area contributed by atoms with Crippen LogP contribution >= 0.6 is 0 Å². The van der Waals surface area contributed by atoms with Crippen LogP contribution in [-0.4, -0.2) is 36.5 Å². The quantitative estimate of drug-likeness (QED) is 0.808. The minimum Gasteiger partial charge on any atom is -0.497 e. The monoisotopic (exact) mass is 394 g/mol. The van der Waals surface area contributed by atoms with E-state index >= 15 is 0 Å². The lowest BCUT2D eigenvalue weighted by Crippen LogP contribution is -2.40. The van der Waals surface area contributed by atoms with Gasteiger partial charge in [0.15, 0.2) is 6.10 Å². The second kappa shape index (κ2) is 8.15. The van der Waals surface area contributed by atoms with Crippen LogP contribution in [0.5, 0.6) is 11.5 Å². The molecule has 2 amide bonds. The van der Waals surface area contributed by atoms with Gasteiger partial charge in [0.2, 0.25) is 0 Å². The molecular weight excluding hydrogens is 368 g/mol. The van der Waals surface area contributed by atoms with Crippen LogP contribution in [0.4, 0.5) is 5.69 Å². The first-order valence-corrected chi connectivity index (χ1v) is 10.1. The molecule has 29 heavy (non-hydrogen) atoms. The van der Waals surface area contributed by atoms with Gasteiger partial charge in [0.05, 0.1) is 7.11 Å². The third kappa shape index (κ3) is 4.36. The van der Waals surface area contributed by atoms with Crippen molar-refractivity contribution in [1.29, 1.82) is 0 Å². The molecule has 0 saturated heterocycles. The number of anilines is 1. The summed E-state index contributed by atoms with van der Waals surface area (Å²) in [6.45, 7) is 3.25. The van der Waals surface area contributed by atoms with E-state index in [2.05, 4.69) is 5.32 Å². The van der Waals surface area contributed by atoms with Crippen molar-refractivity contribution in [2.75, 3.05) is 19.0 Å². The third-order valence-corrected chi connectivity index (χ3v) is 5.43. The number of carbonyl (C=O) groups excluding carboxylic acids is 2. The molecule has 0 bridgehead atoms. The molecule has 6 nitrogen and oxygen atoms in total. The molecule has 1 heterocycles. The Kier molecular flexibility index (Phi) is 5.43. The van der Waals surface area contributed by atoms with Crippen molar-refractivity contribution in [3.8, 4) is 11.5 Å². The highest BCUT2D eigenvalue weighted by Gasteiger charge is 2.33. The molecule has 152 valence electrons. The van der Waals surface area contributed by atoms with Crippen molar-refractivity contribution < 1.29 is 19.1 Å². The first kappa shape index (κ1) is 19.3. The highest BCUT2D eigenvalue weighted by atomic mass is 16.5. The number of ether oxygens (including phenoxy) is 2. The molecule has 1 fully saturated rings. The zero-order valence-electron chi connectivity index (χ0n) is 16.8. The van der Waals surface area contributed by atoms with E-state index in [-0.39, 0.29) is 11.8 Å². The number of rotatable bonds is 6. The Morgan fingerprint density at radius 3 is 2.62 bits per heavy atom. The van der Waals surface area contributed by atoms with Gasteiger partial charge in [-0.25, -0.2) is 0 Å². The molecule has 1 aliphatic carbocycles. The highest BCUT2D eigenvalue weighted by molar-refractivity contribution is 6.04. The predicted molar refractivity (Wildman–Crippen MR) is 110 cm³/mol. The van der Waals surface area contributed by atoms with E-state index in [0.29, 0.717) is 41.6 Å². The van der Waals surface area contributed by atoms with Crippen LogP contribution in [0.25, 0.3) is 0 Å². The fraction of sp³-hybridized carbons (Fsp3) is 0.391. The number of carbonyl (C=O) groups is 2. The molecule has 4 rings (SSSR count). The van der Waals surface area contributed by atoms with Crippen molar-refractivity contribution >= 4 is 17.5 Å². The molecule has 1 aliphatic heterocycles. The van der Waals surface area contributed by atoms with Crippen LogP contribution in [0, 0.1) is 5.92 Å². The molecule has 2 aromatic carbocycles. The largest absolute Gasteiger partial charge is 0.497 e. The molecule has 1 unspecified atom stereocenters. The number of nitrogens with one attached hydrogen (secondary N) is 1. The second-order valence-corrected chi connectivity index (χ2v) is 7.68. The van der Waals surface area contributed by atoms with Gasteiger partial charge in [-0.15, -0.1) is 0 Å². The van der Waals surface area contributed by atoms with E-state index in [1.807, 2.05) is 30.0 Å². The molecule has 2 aromatic rings. The molecule has 0 aromatic heterocycles. The van der Waals surface area contributed by atoms with Gasteiger partial charge in [0, 0.05) is 29.9 Å². The Morgan fingerprint density at radius 1 is 1.21 bits per heavy atom. The fourth-order valence-corrected chi connectivity index (χ4v) is 3.56. The van der Waals surface area contributed by atoms with Crippen molar-refractivity contribution in [2.24, 2.45) is 5.92 Å². The summed E-state index contributed by atoms with van der Waals surface area (Å²) in [7, 11) is 1.59. The first-order chi connectivity index (χ1) is 14.1. The number of hydrogen-bond acceptors (Lipinski definition) is 4. The van der Waals surface area contributed by atoms with E-state index in [4.69, 9.17) is 9.47 Å². The van der Waals surface area contributed by atoms with Gasteiger partial charge in [-0.1, -0.05) is 6.92 Å². The summed E-state index contributed by atoms with van der Waals surface area (Å²) in [5.41, 5.74) is 2.15. The maximum atomic E-state index is 12.8. The predicted octanol–water partition coefficient (Wildman–Crippen LogP) is 3.86. The van der Waals surface area contributed by atoms with Gasteiger partial charge in [-0.05, 0) is 67.6 Å². The molecule has 1 saturated carbocycles. The van der Waals surface area contributed by atoms with Crippen molar-refractivity contribution in [3.05, 3.63) is 53.6 Å². The number of amides is 2. The summed E-state index contributed by atoms with van der Waals surface area (Å²) in [4.78, 5) is 27.3. The average molecular weight is 394 g/mol. The van der Waals surface area contributed by atoms with Gasteiger partial charge in [0.25, 0.3) is 11.8 Å². The average Bonchev–Trinajstić information content (AvgIpc) is 3.57. The topological polar surface area (TPSA) is 67.9 Å². The Hall–Kier alpha value is -3.02. The number of hydrogen-bond donors (Lipinski definition) is 1. The first-order valence-electron chi connectivity index (χ1n) is 10.1. The zero-order chi connectivity index (χ0) is 20.4. The van der Waals surface area contributed by atoms with Crippen LogP contribution in [0.3, 0.4) is 0 Å². The van der Waals surface area contributed by atoms with Crippen LogP contribution < -0.4 is 14.8 Å². The van der Waals surface area contributed by atoms with Crippen LogP contribution in [0.1, 0.15) is 42.1 Å². The molecule has 0 spiro atoms. The zero-order valence-corrected chi connectivity index (χ0v) is 16.8. The second-order valence-electron chi connectivity index (χ2n) is 7.68. The molecule has 0 radical (unpaired) electrons. The Labute approximate surface area is 170 Å². The molecule has 1 atom stereocenters. The summed E-state index contributed by atoms with van der Waals surface area (Å²) in [5, 5.41) is 2.93. The summed E-state index contributed by atoms with van der Waals surface area (Å²) in [6, 6.07) is 12.5. The van der Waals surface area contributed by atoms with Crippen molar-refractivity contribution in [1.82, 2.24) is 4.90 Å². The van der Waals surface area contributed by atoms with Crippen LogP contribution in [-0.2, 0) is 11.3 Å². The summed E-state index contributed by atoms with van der Waals surface area (Å²) >= 11 is 0. The number of fused-ring (bicyclic) bond motifs is 1. The maximum absolute atomic E-state index is 12.8. The van der Waals surface area contributed by atoms with E-state index in [1.165, 1.54) is 12.8 Å². The Morgan fingerprint density at radius 2 is 1.97 bits per heavy atom. The lowest BCUT2D eigenvalue weighted by molar-refractivity contribution is -0.138. The van der Waals surface area contributed by atoms with E-state index in [0.717, 1.165) is 12.1 Å². The normalized spacial score (nSPS) is 18.5. The number of benzene rings is 2. The highest BCUT2D eigenvalue weighted by Crippen LogP contribution is 2.34. The van der Waals surface area contributed by atoms with Gasteiger partial charge in [-0.3, -0.25) is 9.59 Å². The third-order valence-electron chi connectivity index (χ3n) is 5.43. The van der Waals surface area contributed by atoms with Gasteiger partial charge in [-0.2, -0.15) is 0 Å². The van der Waals surface area contributed by atoms with Crippen LogP contribution in [0.15, 0.2) is 42.5 Å². The van der Waals surface area contributed by atoms with Gasteiger partial charge < -0.3 is 19.7 Å². The van der Waals surface area contributed by atoms with Crippen molar-refractivity contribution in [2.45, 2.75) is 38.8 Å². The SMILES string of the molecule is CCC1Oc2ccc(NC(=O)c3ccc(OC)cc3)cc2CN(CC2CC2)C1=O. The minimum absolute atomic E-state index is 0.0550. The Bertz CT molecular complexity index is 906. The van der Waals surface area contributed by atoms with E-state index < -0.39 is 6.10 Å². The van der Waals surface area contributed by atoms with Gasteiger partial charge >= 0.3 is 0 Å². The standard InChI is InChI=1S/C23H26N2O4/c1-3-20-23(27)25(13-15-4-5-15)14-17-12-18(8-11-21(17)29-20)24-22(26)16-6-9-19(28-2)10-7-16/h6-12,15,20H,3-5,13-14H2,1-2H3,(H,24,26). The molecular formula is C23H26N2O4. The van der Waals surface area contributed by atoms with Crippen molar-refractivity contribution in [3.63, 3.8) is 0 Å². The Balaban J connectivity index is 1.53. The minimum atomic E-state index is -0.449.